The summed E-state index contributed by atoms with van der Waals surface area (Å²) in [4.78, 5) is 29.5. The van der Waals surface area contributed by atoms with Gasteiger partial charge in [-0.05, 0) is 48.9 Å². The fourth-order valence-electron chi connectivity index (χ4n) is 3.75. The molecule has 0 atom stereocenters. The van der Waals surface area contributed by atoms with Crippen molar-refractivity contribution >= 4 is 28.8 Å². The van der Waals surface area contributed by atoms with E-state index in [2.05, 4.69) is 0 Å². The first kappa shape index (κ1) is 21.2. The van der Waals surface area contributed by atoms with E-state index in [1.54, 1.807) is 29.2 Å². The van der Waals surface area contributed by atoms with Gasteiger partial charge < -0.3 is 9.64 Å². The third-order valence-corrected chi connectivity index (χ3v) is 5.24. The fourth-order valence-corrected chi connectivity index (χ4v) is 3.75. The first-order valence-electron chi connectivity index (χ1n) is 10.0. The number of anilines is 2. The Hall–Kier alpha value is -4.00. The smallest absolute Gasteiger partial charge is 0.282 e. The molecule has 0 aliphatic carbocycles. The van der Waals surface area contributed by atoms with Crippen LogP contribution in [0.2, 0.25) is 0 Å². The molecule has 0 saturated heterocycles. The van der Waals surface area contributed by atoms with E-state index in [1.165, 1.54) is 7.11 Å². The highest BCUT2D eigenvalue weighted by Gasteiger charge is 2.43. The molecule has 5 nitrogen and oxygen atoms in total. The number of likely N-dealkylation sites (N-methyl/N-ethyl adjacent to an activating group) is 1. The minimum atomic E-state index is -0.996. The number of amides is 2. The molecule has 0 radical (unpaired) electrons. The summed E-state index contributed by atoms with van der Waals surface area (Å²) >= 11 is 0. The van der Waals surface area contributed by atoms with Gasteiger partial charge in [-0.3, -0.25) is 9.59 Å². The third kappa shape index (κ3) is 3.62. The summed E-state index contributed by atoms with van der Waals surface area (Å²) in [7, 11) is 1.53. The van der Waals surface area contributed by atoms with Gasteiger partial charge >= 0.3 is 0 Å². The molecular weight excluding hydrogens is 414 g/mol. The van der Waals surface area contributed by atoms with E-state index in [0.29, 0.717) is 29.6 Å². The lowest BCUT2D eigenvalue weighted by Gasteiger charge is -2.25. The molecule has 0 aromatic heterocycles. The van der Waals surface area contributed by atoms with Crippen molar-refractivity contribution < 1.29 is 23.1 Å². The van der Waals surface area contributed by atoms with E-state index in [9.17, 15) is 18.4 Å². The van der Waals surface area contributed by atoms with Crippen LogP contribution in [0.4, 0.5) is 20.2 Å². The van der Waals surface area contributed by atoms with E-state index in [-0.39, 0.29) is 17.0 Å². The predicted octanol–water partition coefficient (Wildman–Crippen LogP) is 4.78. The molecule has 32 heavy (non-hydrogen) atoms. The van der Waals surface area contributed by atoms with Gasteiger partial charge in [0.15, 0.2) is 0 Å². The number of benzene rings is 3. The highest BCUT2D eigenvalue weighted by atomic mass is 19.1. The van der Waals surface area contributed by atoms with Crippen molar-refractivity contribution in [2.75, 3.05) is 23.5 Å². The molecule has 0 N–H and O–H groups in total. The second kappa shape index (κ2) is 8.63. The van der Waals surface area contributed by atoms with Crippen molar-refractivity contribution in [3.05, 3.63) is 95.7 Å². The average molecular weight is 434 g/mol. The maximum atomic E-state index is 14.6. The lowest BCUT2D eigenvalue weighted by molar-refractivity contribution is -0.120. The maximum Gasteiger partial charge on any atom is 0.282 e. The lowest BCUT2D eigenvalue weighted by Crippen LogP contribution is -2.36. The van der Waals surface area contributed by atoms with E-state index in [0.717, 1.165) is 17.0 Å². The molecular formula is C25H20F2N2O3. The number of para-hydroxylation sites is 1. The van der Waals surface area contributed by atoms with Gasteiger partial charge in [0.05, 0.1) is 18.4 Å². The number of hydrogen-bond donors (Lipinski definition) is 0. The SMILES string of the molecule is CCN(C1=C(c2ccc(OC)cc2)C(=O)N(c2ccc(F)cc2F)C1=O)c1ccccc1. The van der Waals surface area contributed by atoms with Gasteiger partial charge in [-0.25, -0.2) is 13.7 Å². The monoisotopic (exact) mass is 434 g/mol. The van der Waals surface area contributed by atoms with Gasteiger partial charge in [-0.1, -0.05) is 30.3 Å². The first-order chi connectivity index (χ1) is 15.5. The molecule has 0 unspecified atom stereocenters. The van der Waals surface area contributed by atoms with Gasteiger partial charge in [0.25, 0.3) is 11.8 Å². The van der Waals surface area contributed by atoms with E-state index in [4.69, 9.17) is 4.74 Å². The number of imide groups is 1. The molecule has 0 saturated carbocycles. The molecule has 2 amide bonds. The van der Waals surface area contributed by atoms with Crippen molar-refractivity contribution in [1.29, 1.82) is 0 Å². The molecule has 3 aromatic carbocycles. The van der Waals surface area contributed by atoms with E-state index < -0.39 is 23.4 Å². The van der Waals surface area contributed by atoms with Crippen LogP contribution in [0.5, 0.6) is 5.75 Å². The summed E-state index contributed by atoms with van der Waals surface area (Å²) < 4.78 is 33.2. The lowest BCUT2D eigenvalue weighted by atomic mass is 10.0. The third-order valence-electron chi connectivity index (χ3n) is 5.24. The van der Waals surface area contributed by atoms with Crippen LogP contribution >= 0.6 is 0 Å². The number of rotatable bonds is 6. The summed E-state index contributed by atoms with van der Waals surface area (Å²) in [5.41, 5.74) is 1.15. The van der Waals surface area contributed by atoms with Crippen molar-refractivity contribution in [2.45, 2.75) is 6.92 Å². The van der Waals surface area contributed by atoms with Crippen molar-refractivity contribution in [1.82, 2.24) is 0 Å². The zero-order valence-corrected chi connectivity index (χ0v) is 17.5. The Morgan fingerprint density at radius 1 is 0.906 bits per heavy atom. The highest BCUT2D eigenvalue weighted by Crippen LogP contribution is 2.38. The number of carbonyl (C=O) groups excluding carboxylic acids is 2. The molecule has 3 aromatic rings. The first-order valence-corrected chi connectivity index (χ1v) is 10.0. The van der Waals surface area contributed by atoms with Crippen LogP contribution < -0.4 is 14.5 Å². The molecule has 4 rings (SSSR count). The molecule has 0 spiro atoms. The van der Waals surface area contributed by atoms with Gasteiger partial charge in [0.1, 0.15) is 23.1 Å². The van der Waals surface area contributed by atoms with Crippen molar-refractivity contribution in [3.8, 4) is 5.75 Å². The molecule has 0 bridgehead atoms. The molecule has 7 heteroatoms. The summed E-state index contributed by atoms with van der Waals surface area (Å²) in [6, 6.07) is 18.6. The Kier molecular flexibility index (Phi) is 5.73. The minimum Gasteiger partial charge on any atom is -0.497 e. The Labute approximate surface area is 184 Å². The number of ether oxygens (including phenoxy) is 1. The average Bonchev–Trinajstić information content (AvgIpc) is 3.05. The quantitative estimate of drug-likeness (QED) is 0.524. The number of halogens is 2. The molecule has 1 aliphatic heterocycles. The van der Waals surface area contributed by atoms with Crippen LogP contribution in [0.1, 0.15) is 12.5 Å². The van der Waals surface area contributed by atoms with Gasteiger partial charge in [0, 0.05) is 18.3 Å². The normalized spacial score (nSPS) is 13.7. The van der Waals surface area contributed by atoms with Gasteiger partial charge in [-0.2, -0.15) is 0 Å². The summed E-state index contributed by atoms with van der Waals surface area (Å²) in [5.74, 6) is -2.57. The van der Waals surface area contributed by atoms with Crippen LogP contribution in [-0.4, -0.2) is 25.5 Å². The summed E-state index contributed by atoms with van der Waals surface area (Å²) in [5, 5.41) is 0. The van der Waals surface area contributed by atoms with E-state index >= 15 is 0 Å². The molecule has 1 heterocycles. The zero-order chi connectivity index (χ0) is 22.8. The number of nitrogens with zero attached hydrogens (tertiary/aromatic N) is 2. The summed E-state index contributed by atoms with van der Waals surface area (Å²) in [6.45, 7) is 2.24. The van der Waals surface area contributed by atoms with Crippen LogP contribution in [0.3, 0.4) is 0 Å². The number of methoxy groups -OCH3 is 1. The predicted molar refractivity (Wildman–Crippen MR) is 118 cm³/mol. The van der Waals surface area contributed by atoms with E-state index in [1.807, 2.05) is 37.3 Å². The highest BCUT2D eigenvalue weighted by molar-refractivity contribution is 6.46. The largest absolute Gasteiger partial charge is 0.497 e. The number of hydrogen-bond acceptors (Lipinski definition) is 4. The van der Waals surface area contributed by atoms with Crippen LogP contribution in [-0.2, 0) is 9.59 Å². The standard InChI is InChI=1S/C25H20F2N2O3/c1-3-28(18-7-5-4-6-8-18)23-22(16-9-12-19(32-2)13-10-16)24(30)29(25(23)31)21-14-11-17(26)15-20(21)27/h4-15H,3H2,1-2H3. The van der Waals surface area contributed by atoms with Crippen LogP contribution in [0.15, 0.2) is 78.5 Å². The minimum absolute atomic E-state index is 0.123. The Bertz CT molecular complexity index is 1210. The summed E-state index contributed by atoms with van der Waals surface area (Å²) in [6.07, 6.45) is 0. The van der Waals surface area contributed by atoms with Crippen molar-refractivity contribution in [2.24, 2.45) is 0 Å². The van der Waals surface area contributed by atoms with Gasteiger partial charge in [0.2, 0.25) is 0 Å². The fraction of sp³-hybridized carbons (Fsp3) is 0.120. The maximum absolute atomic E-state index is 14.6. The second-order valence-corrected chi connectivity index (χ2v) is 7.07. The van der Waals surface area contributed by atoms with Crippen molar-refractivity contribution in [3.63, 3.8) is 0 Å². The Balaban J connectivity index is 1.91. The topological polar surface area (TPSA) is 49.9 Å². The molecule has 162 valence electrons. The molecule has 0 fully saturated rings. The zero-order valence-electron chi connectivity index (χ0n) is 17.5. The van der Waals surface area contributed by atoms with Crippen LogP contribution in [0.25, 0.3) is 5.57 Å². The number of carbonyl (C=O) groups is 2. The molecule has 1 aliphatic rings. The Morgan fingerprint density at radius 2 is 1.59 bits per heavy atom. The van der Waals surface area contributed by atoms with Gasteiger partial charge in [-0.15, -0.1) is 0 Å². The van der Waals surface area contributed by atoms with Crippen LogP contribution in [0, 0.1) is 11.6 Å². The second-order valence-electron chi connectivity index (χ2n) is 7.07. The Morgan fingerprint density at radius 3 is 2.19 bits per heavy atom.